The van der Waals surface area contributed by atoms with Gasteiger partial charge in [-0.25, -0.2) is 4.79 Å². The van der Waals surface area contributed by atoms with Gasteiger partial charge in [0.15, 0.2) is 0 Å². The standard InChI is InChI=1S/C13H20O4/c1-10(2)13(14)17-12-7-5-4-6-11(12)8-16-9-15-3/h6,12H,1,4-5,7-9H2,2-3H3. The predicted molar refractivity (Wildman–Crippen MR) is 64.5 cm³/mol. The molecule has 0 aromatic heterocycles. The highest BCUT2D eigenvalue weighted by Gasteiger charge is 2.22. The molecule has 0 N–H and O–H groups in total. The highest BCUT2D eigenvalue weighted by molar-refractivity contribution is 5.87. The first kappa shape index (κ1) is 13.9. The molecule has 1 atom stereocenters. The minimum atomic E-state index is -0.338. The van der Waals surface area contributed by atoms with Gasteiger partial charge in [0.25, 0.3) is 0 Å². The molecule has 0 bridgehead atoms. The van der Waals surface area contributed by atoms with Crippen molar-refractivity contribution in [3.8, 4) is 0 Å². The van der Waals surface area contributed by atoms with Crippen LogP contribution in [0.4, 0.5) is 0 Å². The summed E-state index contributed by atoms with van der Waals surface area (Å²) in [5.74, 6) is -0.338. The van der Waals surface area contributed by atoms with Gasteiger partial charge >= 0.3 is 5.97 Å². The fourth-order valence-electron chi connectivity index (χ4n) is 1.67. The lowest BCUT2D eigenvalue weighted by Gasteiger charge is -2.24. The summed E-state index contributed by atoms with van der Waals surface area (Å²) in [4.78, 5) is 11.5. The summed E-state index contributed by atoms with van der Waals surface area (Å²) in [6, 6.07) is 0. The Kier molecular flexibility index (Phi) is 5.94. The Labute approximate surface area is 102 Å². The number of hydrogen-bond donors (Lipinski definition) is 0. The zero-order valence-corrected chi connectivity index (χ0v) is 10.5. The van der Waals surface area contributed by atoms with E-state index in [9.17, 15) is 4.79 Å². The molecule has 0 aromatic rings. The lowest BCUT2D eigenvalue weighted by Crippen LogP contribution is -2.25. The van der Waals surface area contributed by atoms with Crippen LogP contribution in [-0.2, 0) is 19.0 Å². The van der Waals surface area contributed by atoms with Crippen molar-refractivity contribution in [2.75, 3.05) is 20.5 Å². The van der Waals surface area contributed by atoms with Gasteiger partial charge in [-0.1, -0.05) is 12.7 Å². The molecule has 0 aromatic carbocycles. The summed E-state index contributed by atoms with van der Waals surface area (Å²) < 4.78 is 15.5. The lowest BCUT2D eigenvalue weighted by atomic mass is 9.97. The molecule has 0 fully saturated rings. The summed E-state index contributed by atoms with van der Waals surface area (Å²) in [5, 5.41) is 0. The minimum Gasteiger partial charge on any atom is -0.454 e. The molecule has 96 valence electrons. The maximum absolute atomic E-state index is 11.5. The Morgan fingerprint density at radius 3 is 3.00 bits per heavy atom. The van der Waals surface area contributed by atoms with Crippen molar-refractivity contribution in [2.45, 2.75) is 32.3 Å². The van der Waals surface area contributed by atoms with Gasteiger partial charge in [-0.05, 0) is 31.8 Å². The van der Waals surface area contributed by atoms with Crippen LogP contribution in [0, 0.1) is 0 Å². The van der Waals surface area contributed by atoms with Crippen molar-refractivity contribution in [3.63, 3.8) is 0 Å². The van der Waals surface area contributed by atoms with Gasteiger partial charge in [0, 0.05) is 12.7 Å². The summed E-state index contributed by atoms with van der Waals surface area (Å²) in [6.07, 6.45) is 4.79. The molecule has 1 aliphatic carbocycles. The molecule has 1 aliphatic rings. The monoisotopic (exact) mass is 240 g/mol. The number of carbonyl (C=O) groups excluding carboxylic acids is 1. The van der Waals surface area contributed by atoms with E-state index in [-0.39, 0.29) is 18.9 Å². The van der Waals surface area contributed by atoms with E-state index in [4.69, 9.17) is 14.2 Å². The fraction of sp³-hybridized carbons (Fsp3) is 0.615. The second kappa shape index (κ2) is 7.25. The van der Waals surface area contributed by atoms with E-state index in [2.05, 4.69) is 12.7 Å². The molecule has 1 unspecified atom stereocenters. The Hall–Kier alpha value is -1.13. The molecule has 1 rings (SSSR count). The van der Waals surface area contributed by atoms with E-state index in [1.165, 1.54) is 0 Å². The average molecular weight is 240 g/mol. The van der Waals surface area contributed by atoms with Crippen LogP contribution in [0.15, 0.2) is 23.8 Å². The van der Waals surface area contributed by atoms with Crippen molar-refractivity contribution in [1.29, 1.82) is 0 Å². The summed E-state index contributed by atoms with van der Waals surface area (Å²) in [6.45, 7) is 5.92. The Balaban J connectivity index is 2.50. The molecule has 4 heteroatoms. The van der Waals surface area contributed by atoms with Crippen molar-refractivity contribution >= 4 is 5.97 Å². The number of carbonyl (C=O) groups is 1. The molecule has 4 nitrogen and oxygen atoms in total. The quantitative estimate of drug-likeness (QED) is 0.235. The number of methoxy groups -OCH3 is 1. The van der Waals surface area contributed by atoms with E-state index >= 15 is 0 Å². The van der Waals surface area contributed by atoms with E-state index in [0.717, 1.165) is 24.8 Å². The first-order valence-electron chi connectivity index (χ1n) is 5.77. The maximum atomic E-state index is 11.5. The van der Waals surface area contributed by atoms with Crippen molar-refractivity contribution in [1.82, 2.24) is 0 Å². The van der Waals surface area contributed by atoms with Crippen LogP contribution in [0.1, 0.15) is 26.2 Å². The Bertz CT molecular complexity index is 307. The molecular weight excluding hydrogens is 220 g/mol. The molecule has 0 saturated carbocycles. The van der Waals surface area contributed by atoms with Gasteiger partial charge in [0.1, 0.15) is 12.9 Å². The van der Waals surface area contributed by atoms with Crippen LogP contribution in [0.25, 0.3) is 0 Å². The average Bonchev–Trinajstić information content (AvgIpc) is 2.31. The molecule has 0 amide bonds. The number of allylic oxidation sites excluding steroid dienone is 1. The molecule has 0 heterocycles. The van der Waals surface area contributed by atoms with E-state index in [0.29, 0.717) is 12.2 Å². The molecular formula is C13H20O4. The molecule has 0 spiro atoms. The van der Waals surface area contributed by atoms with E-state index < -0.39 is 0 Å². The van der Waals surface area contributed by atoms with E-state index in [1.807, 2.05) is 0 Å². The Morgan fingerprint density at radius 2 is 2.35 bits per heavy atom. The summed E-state index contributed by atoms with van der Waals surface area (Å²) in [7, 11) is 1.58. The molecule has 17 heavy (non-hydrogen) atoms. The largest absolute Gasteiger partial charge is 0.454 e. The van der Waals surface area contributed by atoms with Crippen molar-refractivity contribution in [3.05, 3.63) is 23.8 Å². The van der Waals surface area contributed by atoms with Crippen LogP contribution in [0.3, 0.4) is 0 Å². The fourth-order valence-corrected chi connectivity index (χ4v) is 1.67. The van der Waals surface area contributed by atoms with Gasteiger partial charge in [0.2, 0.25) is 0 Å². The summed E-state index contributed by atoms with van der Waals surface area (Å²) >= 11 is 0. The number of ether oxygens (including phenoxy) is 3. The predicted octanol–water partition coefficient (Wildman–Crippen LogP) is 2.21. The van der Waals surface area contributed by atoms with Crippen LogP contribution in [-0.4, -0.2) is 32.6 Å². The first-order valence-corrected chi connectivity index (χ1v) is 5.77. The number of esters is 1. The van der Waals surface area contributed by atoms with E-state index in [1.54, 1.807) is 14.0 Å². The van der Waals surface area contributed by atoms with Crippen molar-refractivity contribution in [2.24, 2.45) is 0 Å². The first-order chi connectivity index (χ1) is 8.15. The van der Waals surface area contributed by atoms with Crippen LogP contribution < -0.4 is 0 Å². The van der Waals surface area contributed by atoms with Gasteiger partial charge in [0.05, 0.1) is 6.61 Å². The molecule has 0 saturated heterocycles. The maximum Gasteiger partial charge on any atom is 0.333 e. The van der Waals surface area contributed by atoms with Gasteiger partial charge in [-0.3, -0.25) is 0 Å². The number of hydrogen-bond acceptors (Lipinski definition) is 4. The second-order valence-corrected chi connectivity index (χ2v) is 4.14. The van der Waals surface area contributed by atoms with Crippen LogP contribution >= 0.6 is 0 Å². The molecule has 0 radical (unpaired) electrons. The SMILES string of the molecule is C=C(C)C(=O)OC1CCCC=C1COCOC. The second-order valence-electron chi connectivity index (χ2n) is 4.14. The van der Waals surface area contributed by atoms with Gasteiger partial charge in [-0.2, -0.15) is 0 Å². The van der Waals surface area contributed by atoms with Crippen LogP contribution in [0.2, 0.25) is 0 Å². The highest BCUT2D eigenvalue weighted by atomic mass is 16.7. The third-order valence-corrected chi connectivity index (χ3v) is 2.56. The minimum absolute atomic E-state index is 0.176. The van der Waals surface area contributed by atoms with Gasteiger partial charge in [-0.15, -0.1) is 0 Å². The zero-order chi connectivity index (χ0) is 12.7. The van der Waals surface area contributed by atoms with Crippen molar-refractivity contribution < 1.29 is 19.0 Å². The smallest absolute Gasteiger partial charge is 0.333 e. The summed E-state index contributed by atoms with van der Waals surface area (Å²) in [5.41, 5.74) is 1.44. The highest BCUT2D eigenvalue weighted by Crippen LogP contribution is 2.22. The van der Waals surface area contributed by atoms with Crippen LogP contribution in [0.5, 0.6) is 0 Å². The van der Waals surface area contributed by atoms with Gasteiger partial charge < -0.3 is 14.2 Å². The lowest BCUT2D eigenvalue weighted by molar-refractivity contribution is -0.143. The molecule has 0 aliphatic heterocycles. The zero-order valence-electron chi connectivity index (χ0n) is 10.5. The third-order valence-electron chi connectivity index (χ3n) is 2.56. The number of rotatable bonds is 6. The normalized spacial score (nSPS) is 19.6. The topological polar surface area (TPSA) is 44.8 Å². The third kappa shape index (κ3) is 4.71. The Morgan fingerprint density at radius 1 is 1.59 bits per heavy atom.